The second kappa shape index (κ2) is 3.74. The second-order valence-corrected chi connectivity index (χ2v) is 4.00. The maximum Gasteiger partial charge on any atom is 0.407 e. The number of hydrogen-bond acceptors (Lipinski definition) is 3. The number of aliphatic hydroxyl groups excluding tert-OH is 1. The van der Waals surface area contributed by atoms with Crippen LogP contribution in [0.25, 0.3) is 0 Å². The zero-order valence-electron chi connectivity index (χ0n) is 7.93. The Balaban J connectivity index is 1.96. The van der Waals surface area contributed by atoms with Crippen molar-refractivity contribution in [3.63, 3.8) is 0 Å². The minimum Gasteiger partial charge on any atom is -0.465 e. The molecule has 0 spiro atoms. The van der Waals surface area contributed by atoms with Crippen molar-refractivity contribution in [2.24, 2.45) is 5.92 Å². The first-order valence-corrected chi connectivity index (χ1v) is 4.95. The Bertz CT molecular complexity index is 229. The van der Waals surface area contributed by atoms with Crippen LogP contribution in [-0.2, 0) is 4.74 Å². The van der Waals surface area contributed by atoms with E-state index in [2.05, 4.69) is 0 Å². The molecule has 1 aliphatic heterocycles. The molecule has 0 radical (unpaired) electrons. The maximum absolute atomic E-state index is 10.8. The van der Waals surface area contributed by atoms with Crippen molar-refractivity contribution < 1.29 is 19.7 Å². The summed E-state index contributed by atoms with van der Waals surface area (Å²) in [6.07, 6.45) is 0.979. The van der Waals surface area contributed by atoms with E-state index in [-0.39, 0.29) is 25.4 Å². The van der Waals surface area contributed by atoms with Crippen LogP contribution in [0.4, 0.5) is 4.79 Å². The fourth-order valence-corrected chi connectivity index (χ4v) is 1.86. The van der Waals surface area contributed by atoms with E-state index in [1.54, 1.807) is 0 Å². The highest BCUT2D eigenvalue weighted by Gasteiger charge is 2.39. The van der Waals surface area contributed by atoms with Crippen LogP contribution in [0.3, 0.4) is 0 Å². The van der Waals surface area contributed by atoms with E-state index in [4.69, 9.17) is 14.9 Å². The molecule has 2 fully saturated rings. The Hall–Kier alpha value is -0.810. The van der Waals surface area contributed by atoms with Gasteiger partial charge in [-0.1, -0.05) is 0 Å². The number of nitrogens with zero attached hydrogens (tertiary/aromatic N) is 1. The predicted molar refractivity (Wildman–Crippen MR) is 48.1 cm³/mol. The SMILES string of the molecule is O=C(O)N1C[C@@H](CO)O[C@H](C2CC2)C1. The summed E-state index contributed by atoms with van der Waals surface area (Å²) >= 11 is 0. The molecule has 2 aliphatic rings. The van der Waals surface area contributed by atoms with Gasteiger partial charge in [0.1, 0.15) is 0 Å². The van der Waals surface area contributed by atoms with Crippen LogP contribution in [0.5, 0.6) is 0 Å². The summed E-state index contributed by atoms with van der Waals surface area (Å²) in [6.45, 7) is 0.637. The van der Waals surface area contributed by atoms with Crippen molar-refractivity contribution in [2.75, 3.05) is 19.7 Å². The third-order valence-electron chi connectivity index (χ3n) is 2.81. The molecule has 0 aromatic rings. The molecule has 80 valence electrons. The van der Waals surface area contributed by atoms with Crippen LogP contribution in [0.1, 0.15) is 12.8 Å². The van der Waals surface area contributed by atoms with Crippen LogP contribution in [0.15, 0.2) is 0 Å². The molecule has 0 bridgehead atoms. The molecule has 0 unspecified atom stereocenters. The number of hydrogen-bond donors (Lipinski definition) is 2. The van der Waals surface area contributed by atoms with E-state index >= 15 is 0 Å². The van der Waals surface area contributed by atoms with Crippen LogP contribution < -0.4 is 0 Å². The fraction of sp³-hybridized carbons (Fsp3) is 0.889. The Morgan fingerprint density at radius 3 is 2.64 bits per heavy atom. The molecule has 2 rings (SSSR count). The first-order valence-electron chi connectivity index (χ1n) is 4.95. The summed E-state index contributed by atoms with van der Waals surface area (Å²) in [5, 5.41) is 17.8. The van der Waals surface area contributed by atoms with Gasteiger partial charge in [-0.3, -0.25) is 0 Å². The van der Waals surface area contributed by atoms with E-state index in [0.717, 1.165) is 12.8 Å². The normalized spacial score (nSPS) is 33.1. The summed E-state index contributed by atoms with van der Waals surface area (Å²) < 4.78 is 5.58. The number of ether oxygens (including phenoxy) is 1. The molecule has 5 heteroatoms. The highest BCUT2D eigenvalue weighted by Crippen LogP contribution is 2.36. The van der Waals surface area contributed by atoms with Gasteiger partial charge in [-0.15, -0.1) is 0 Å². The van der Waals surface area contributed by atoms with Gasteiger partial charge in [0, 0.05) is 0 Å². The third-order valence-corrected chi connectivity index (χ3v) is 2.81. The molecule has 0 aromatic heterocycles. The first kappa shape index (κ1) is 9.73. The minimum absolute atomic E-state index is 0.00278. The number of amides is 1. The lowest BCUT2D eigenvalue weighted by Crippen LogP contribution is -2.51. The molecule has 1 amide bonds. The highest BCUT2D eigenvalue weighted by molar-refractivity contribution is 5.65. The molecule has 1 aliphatic carbocycles. The van der Waals surface area contributed by atoms with E-state index in [0.29, 0.717) is 12.5 Å². The number of carbonyl (C=O) groups is 1. The van der Waals surface area contributed by atoms with Crippen molar-refractivity contribution in [2.45, 2.75) is 25.0 Å². The van der Waals surface area contributed by atoms with Gasteiger partial charge >= 0.3 is 6.09 Å². The number of morpholine rings is 1. The molecule has 0 aromatic carbocycles. The van der Waals surface area contributed by atoms with Gasteiger partial charge < -0.3 is 19.8 Å². The Kier molecular flexibility index (Phi) is 2.60. The first-order chi connectivity index (χ1) is 6.70. The van der Waals surface area contributed by atoms with E-state index < -0.39 is 6.09 Å². The summed E-state index contributed by atoms with van der Waals surface area (Å²) in [7, 11) is 0. The lowest BCUT2D eigenvalue weighted by molar-refractivity contribution is -0.103. The second-order valence-electron chi connectivity index (χ2n) is 4.00. The fourth-order valence-electron chi connectivity index (χ4n) is 1.86. The van der Waals surface area contributed by atoms with Gasteiger partial charge in [-0.05, 0) is 18.8 Å². The quantitative estimate of drug-likeness (QED) is 0.666. The molecular weight excluding hydrogens is 186 g/mol. The molecule has 2 atom stereocenters. The van der Waals surface area contributed by atoms with Gasteiger partial charge in [-0.2, -0.15) is 0 Å². The number of carboxylic acid groups (broad SMARTS) is 1. The van der Waals surface area contributed by atoms with Crippen LogP contribution >= 0.6 is 0 Å². The van der Waals surface area contributed by atoms with E-state index in [1.807, 2.05) is 0 Å². The lowest BCUT2D eigenvalue weighted by Gasteiger charge is -2.36. The van der Waals surface area contributed by atoms with Crippen molar-refractivity contribution in [1.29, 1.82) is 0 Å². The highest BCUT2D eigenvalue weighted by atomic mass is 16.5. The van der Waals surface area contributed by atoms with Gasteiger partial charge in [0.15, 0.2) is 0 Å². The van der Waals surface area contributed by atoms with Gasteiger partial charge in [0.05, 0.1) is 31.9 Å². The Morgan fingerprint density at radius 2 is 2.14 bits per heavy atom. The lowest BCUT2D eigenvalue weighted by atomic mass is 10.1. The van der Waals surface area contributed by atoms with Crippen LogP contribution in [0.2, 0.25) is 0 Å². The van der Waals surface area contributed by atoms with Crippen molar-refractivity contribution in [3.8, 4) is 0 Å². The van der Waals surface area contributed by atoms with Gasteiger partial charge in [-0.25, -0.2) is 4.79 Å². The van der Waals surface area contributed by atoms with Crippen molar-refractivity contribution >= 4 is 6.09 Å². The smallest absolute Gasteiger partial charge is 0.407 e. The summed E-state index contributed by atoms with van der Waals surface area (Å²) in [5.74, 6) is 0.506. The van der Waals surface area contributed by atoms with Gasteiger partial charge in [0.2, 0.25) is 0 Å². The monoisotopic (exact) mass is 201 g/mol. The molecule has 2 N–H and O–H groups in total. The van der Waals surface area contributed by atoms with Crippen LogP contribution in [0, 0.1) is 5.92 Å². The largest absolute Gasteiger partial charge is 0.465 e. The third kappa shape index (κ3) is 1.99. The van der Waals surface area contributed by atoms with Gasteiger partial charge in [0.25, 0.3) is 0 Å². The minimum atomic E-state index is -0.919. The molecular formula is C9H15NO4. The molecule has 1 saturated heterocycles. The summed E-state index contributed by atoms with van der Waals surface area (Å²) in [4.78, 5) is 12.1. The predicted octanol–water partition coefficient (Wildman–Crippen LogP) is 0.136. The molecule has 1 saturated carbocycles. The van der Waals surface area contributed by atoms with E-state index in [9.17, 15) is 4.79 Å². The average Bonchev–Trinajstić information content (AvgIpc) is 3.00. The number of rotatable bonds is 2. The Morgan fingerprint density at radius 1 is 1.43 bits per heavy atom. The Labute approximate surface area is 82.3 Å². The van der Waals surface area contributed by atoms with Crippen molar-refractivity contribution in [1.82, 2.24) is 4.90 Å². The standard InChI is InChI=1S/C9H15NO4/c11-5-7-3-10(9(12)13)4-8(14-7)6-1-2-6/h6-8,11H,1-5H2,(H,12,13)/t7-,8-/m0/s1. The summed E-state index contributed by atoms with van der Waals surface area (Å²) in [5.41, 5.74) is 0. The van der Waals surface area contributed by atoms with E-state index in [1.165, 1.54) is 4.90 Å². The zero-order valence-corrected chi connectivity index (χ0v) is 7.93. The molecule has 5 nitrogen and oxygen atoms in total. The average molecular weight is 201 g/mol. The van der Waals surface area contributed by atoms with Crippen LogP contribution in [-0.4, -0.2) is 53.1 Å². The summed E-state index contributed by atoms with van der Waals surface area (Å²) in [6, 6.07) is 0. The number of aliphatic hydroxyl groups is 1. The maximum atomic E-state index is 10.8. The topological polar surface area (TPSA) is 70.0 Å². The van der Waals surface area contributed by atoms with Crippen molar-refractivity contribution in [3.05, 3.63) is 0 Å². The molecule has 1 heterocycles. The zero-order chi connectivity index (χ0) is 10.1. The molecule has 14 heavy (non-hydrogen) atoms.